The standard InChI is InChI=1S/C23H27F6N5O2S/c1-32(10-16-6-17(22(24,25)26)4-5-20(16)23(27,28)29)19-7-14-11-33(12-15(14)8-19)21(35)34-13-18(9-30-34)31-37(2,3)36/h4-6,9,13-15,19H,2,7-8,10-12H2,1,3H3,(H,31,36)/t14-,15+,19?,37?. The molecule has 1 aromatic heterocycles. The lowest BCUT2D eigenvalue weighted by atomic mass is 10.0. The highest BCUT2D eigenvalue weighted by molar-refractivity contribution is 8.00. The molecule has 1 aliphatic heterocycles. The minimum atomic E-state index is -4.77. The molecular formula is C23H27F6N5O2S. The summed E-state index contributed by atoms with van der Waals surface area (Å²) in [6.45, 7) is 0.600. The minimum absolute atomic E-state index is 0.113. The summed E-state index contributed by atoms with van der Waals surface area (Å²) in [5.41, 5.74) is -2.22. The van der Waals surface area contributed by atoms with Crippen molar-refractivity contribution >= 4 is 27.3 Å². The molecule has 37 heavy (non-hydrogen) atoms. The van der Waals surface area contributed by atoms with E-state index in [0.29, 0.717) is 49.8 Å². The average molecular weight is 552 g/mol. The van der Waals surface area contributed by atoms with E-state index >= 15 is 0 Å². The van der Waals surface area contributed by atoms with Crippen molar-refractivity contribution < 1.29 is 35.3 Å². The largest absolute Gasteiger partial charge is 0.416 e. The van der Waals surface area contributed by atoms with Crippen LogP contribution in [0.3, 0.4) is 0 Å². The molecule has 4 atom stereocenters. The van der Waals surface area contributed by atoms with E-state index in [0.717, 1.165) is 4.68 Å². The van der Waals surface area contributed by atoms with Crippen LogP contribution in [0.1, 0.15) is 29.5 Å². The van der Waals surface area contributed by atoms with Gasteiger partial charge in [-0.3, -0.25) is 4.90 Å². The number of anilines is 1. The van der Waals surface area contributed by atoms with Gasteiger partial charge in [0.15, 0.2) is 0 Å². The number of carbonyl (C=O) groups excluding carboxylic acids is 1. The van der Waals surface area contributed by atoms with Crippen LogP contribution in [-0.2, 0) is 28.6 Å². The van der Waals surface area contributed by atoms with Gasteiger partial charge in [-0.05, 0) is 61.4 Å². The normalized spacial score (nSPS) is 23.8. The van der Waals surface area contributed by atoms with Crippen molar-refractivity contribution in [2.24, 2.45) is 11.8 Å². The second-order valence-electron chi connectivity index (χ2n) is 9.90. The summed E-state index contributed by atoms with van der Waals surface area (Å²) in [6.07, 6.45) is -4.08. The first-order chi connectivity index (χ1) is 17.0. The first-order valence-electron chi connectivity index (χ1n) is 11.4. The zero-order valence-electron chi connectivity index (χ0n) is 20.1. The predicted molar refractivity (Wildman–Crippen MR) is 127 cm³/mol. The van der Waals surface area contributed by atoms with Gasteiger partial charge in [0.25, 0.3) is 0 Å². The number of nitrogens with one attached hydrogen (secondary N) is 1. The number of rotatable bonds is 5. The smallest absolute Gasteiger partial charge is 0.322 e. The van der Waals surface area contributed by atoms with E-state index in [1.165, 1.54) is 18.6 Å². The molecule has 204 valence electrons. The van der Waals surface area contributed by atoms with Gasteiger partial charge in [0, 0.05) is 41.6 Å². The van der Waals surface area contributed by atoms with E-state index in [4.69, 9.17) is 0 Å². The molecule has 1 aromatic carbocycles. The number of halogens is 6. The number of nitrogens with zero attached hydrogens (tertiary/aromatic N) is 4. The van der Waals surface area contributed by atoms with Crippen LogP contribution in [0.25, 0.3) is 0 Å². The first kappa shape index (κ1) is 27.3. The monoisotopic (exact) mass is 551 g/mol. The van der Waals surface area contributed by atoms with Gasteiger partial charge >= 0.3 is 18.4 Å². The maximum absolute atomic E-state index is 13.5. The number of likely N-dealkylation sites (tertiary alicyclic amines) is 1. The maximum Gasteiger partial charge on any atom is 0.416 e. The third kappa shape index (κ3) is 6.22. The summed E-state index contributed by atoms with van der Waals surface area (Å²) in [6, 6.07) is 1.05. The van der Waals surface area contributed by atoms with Gasteiger partial charge in [-0.2, -0.15) is 36.1 Å². The first-order valence-corrected chi connectivity index (χ1v) is 13.6. The minimum Gasteiger partial charge on any atom is -0.322 e. The van der Waals surface area contributed by atoms with E-state index in [1.54, 1.807) is 16.8 Å². The molecule has 1 amide bonds. The molecule has 1 N–H and O–H groups in total. The Morgan fingerprint density at radius 3 is 2.32 bits per heavy atom. The molecule has 2 fully saturated rings. The quantitative estimate of drug-likeness (QED) is 0.442. The lowest BCUT2D eigenvalue weighted by Gasteiger charge is -2.28. The molecule has 2 aliphatic rings. The molecule has 0 spiro atoms. The van der Waals surface area contributed by atoms with Crippen molar-refractivity contribution in [2.75, 3.05) is 31.1 Å². The van der Waals surface area contributed by atoms with Crippen LogP contribution in [0.5, 0.6) is 0 Å². The van der Waals surface area contributed by atoms with Gasteiger partial charge in [0.05, 0.1) is 29.2 Å². The molecule has 2 aromatic rings. The Hall–Kier alpha value is -2.74. The average Bonchev–Trinajstić information content (AvgIpc) is 3.45. The zero-order valence-corrected chi connectivity index (χ0v) is 21.0. The Morgan fingerprint density at radius 1 is 1.16 bits per heavy atom. The van der Waals surface area contributed by atoms with Crippen LogP contribution in [0, 0.1) is 11.8 Å². The topological polar surface area (TPSA) is 70.5 Å². The highest BCUT2D eigenvalue weighted by atomic mass is 32.2. The van der Waals surface area contributed by atoms with Crippen LogP contribution >= 0.6 is 0 Å². The Kier molecular flexibility index (Phi) is 7.03. The van der Waals surface area contributed by atoms with Crippen LogP contribution in [-0.4, -0.2) is 68.1 Å². The van der Waals surface area contributed by atoms with E-state index < -0.39 is 38.8 Å². The van der Waals surface area contributed by atoms with Crippen molar-refractivity contribution in [3.63, 3.8) is 0 Å². The molecular weight excluding hydrogens is 524 g/mol. The molecule has 1 saturated heterocycles. The number of amides is 1. The van der Waals surface area contributed by atoms with Gasteiger partial charge in [-0.15, -0.1) is 0 Å². The van der Waals surface area contributed by atoms with E-state index in [-0.39, 0.29) is 30.5 Å². The Bertz CT molecular complexity index is 1260. The van der Waals surface area contributed by atoms with Crippen LogP contribution in [0.15, 0.2) is 30.6 Å². The lowest BCUT2D eigenvalue weighted by molar-refractivity contribution is -0.142. The molecule has 0 bridgehead atoms. The van der Waals surface area contributed by atoms with Crippen LogP contribution in [0.2, 0.25) is 0 Å². The van der Waals surface area contributed by atoms with Gasteiger partial charge in [0.2, 0.25) is 0 Å². The highest BCUT2D eigenvalue weighted by Gasteiger charge is 2.44. The third-order valence-electron chi connectivity index (χ3n) is 6.89. The summed E-state index contributed by atoms with van der Waals surface area (Å²) in [4.78, 5) is 16.2. The lowest BCUT2D eigenvalue weighted by Crippen LogP contribution is -2.36. The van der Waals surface area contributed by atoms with Crippen LogP contribution in [0.4, 0.5) is 36.8 Å². The van der Waals surface area contributed by atoms with Crippen LogP contribution < -0.4 is 4.72 Å². The van der Waals surface area contributed by atoms with Crippen molar-refractivity contribution in [1.82, 2.24) is 19.6 Å². The zero-order chi connectivity index (χ0) is 27.3. The number of hydrogen-bond acceptors (Lipinski definition) is 4. The molecule has 7 nitrogen and oxygen atoms in total. The second kappa shape index (κ2) is 9.53. The number of benzene rings is 1. The molecule has 4 rings (SSSR count). The molecule has 0 radical (unpaired) electrons. The van der Waals surface area contributed by atoms with Gasteiger partial charge in [-0.25, -0.2) is 9.00 Å². The number of hydrogen-bond donors (Lipinski definition) is 1. The van der Waals surface area contributed by atoms with Crippen molar-refractivity contribution in [3.8, 4) is 0 Å². The number of alkyl halides is 6. The van der Waals surface area contributed by atoms with E-state index in [9.17, 15) is 35.3 Å². The molecule has 1 aliphatic carbocycles. The number of carbonyl (C=O) groups is 1. The maximum atomic E-state index is 13.5. The summed E-state index contributed by atoms with van der Waals surface area (Å²) >= 11 is 0. The molecule has 2 heterocycles. The SMILES string of the molecule is C=S(C)(=O)Nc1cnn(C(=O)N2C[C@H]3CC(N(C)Cc4cc(C(F)(F)F)ccc4C(F)(F)F)C[C@H]3C2)c1. The highest BCUT2D eigenvalue weighted by Crippen LogP contribution is 2.42. The fraction of sp³-hybridized carbons (Fsp3) is 0.522. The van der Waals surface area contributed by atoms with E-state index in [2.05, 4.69) is 15.7 Å². The van der Waals surface area contributed by atoms with Crippen molar-refractivity contribution in [2.45, 2.75) is 37.8 Å². The van der Waals surface area contributed by atoms with Gasteiger partial charge in [-0.1, -0.05) is 0 Å². The fourth-order valence-electron chi connectivity index (χ4n) is 5.23. The Balaban J connectivity index is 1.40. The van der Waals surface area contributed by atoms with Gasteiger partial charge in [0.1, 0.15) is 0 Å². The molecule has 14 heteroatoms. The summed E-state index contributed by atoms with van der Waals surface area (Å²) in [5, 5.41) is 4.01. The number of aromatic nitrogens is 2. The van der Waals surface area contributed by atoms with Gasteiger partial charge < -0.3 is 9.62 Å². The Morgan fingerprint density at radius 2 is 1.78 bits per heavy atom. The number of fused-ring (bicyclic) bond motifs is 1. The second-order valence-corrected chi connectivity index (χ2v) is 12.1. The molecule has 1 saturated carbocycles. The third-order valence-corrected chi connectivity index (χ3v) is 7.56. The molecule has 2 unspecified atom stereocenters. The van der Waals surface area contributed by atoms with Crippen molar-refractivity contribution in [3.05, 3.63) is 47.3 Å². The predicted octanol–water partition coefficient (Wildman–Crippen LogP) is 4.40. The summed E-state index contributed by atoms with van der Waals surface area (Å²) in [5.74, 6) is 3.72. The Labute approximate surface area is 210 Å². The van der Waals surface area contributed by atoms with Crippen molar-refractivity contribution in [1.29, 1.82) is 0 Å². The van der Waals surface area contributed by atoms with E-state index in [1.807, 2.05) is 0 Å². The fourth-order valence-corrected chi connectivity index (χ4v) is 5.84. The summed E-state index contributed by atoms with van der Waals surface area (Å²) < 4.78 is 95.4. The summed E-state index contributed by atoms with van der Waals surface area (Å²) in [7, 11) is -0.917.